The van der Waals surface area contributed by atoms with Crippen LogP contribution >= 0.6 is 39.3 Å². The quantitative estimate of drug-likeness (QED) is 0.759. The number of rotatable bonds is 6. The van der Waals surface area contributed by atoms with Gasteiger partial charge in [-0.2, -0.15) is 5.10 Å². The zero-order valence-electron chi connectivity index (χ0n) is 12.1. The molecule has 0 saturated heterocycles. The predicted octanol–water partition coefficient (Wildman–Crippen LogP) is 4.06. The normalized spacial score (nSPS) is 12.6. The van der Waals surface area contributed by atoms with E-state index in [4.69, 9.17) is 17.3 Å². The maximum absolute atomic E-state index is 6.26. The van der Waals surface area contributed by atoms with Gasteiger partial charge in [-0.25, -0.2) is 0 Å². The lowest BCUT2D eigenvalue weighted by molar-refractivity contribution is 0.649. The second-order valence-corrected chi connectivity index (χ2v) is 7.24. The molecule has 0 saturated carbocycles. The maximum atomic E-state index is 6.26. The van der Waals surface area contributed by atoms with Crippen molar-refractivity contribution in [1.29, 1.82) is 0 Å². The smallest absolute Gasteiger partial charge is 0.0766 e. The molecule has 0 bridgehead atoms. The number of benzene rings is 1. The van der Waals surface area contributed by atoms with Crippen molar-refractivity contribution in [3.8, 4) is 0 Å². The highest BCUT2D eigenvalue weighted by Crippen LogP contribution is 2.25. The molecule has 1 aromatic carbocycles. The van der Waals surface area contributed by atoms with Crippen LogP contribution in [-0.4, -0.2) is 21.6 Å². The van der Waals surface area contributed by atoms with Crippen LogP contribution in [0.3, 0.4) is 0 Å². The van der Waals surface area contributed by atoms with Gasteiger partial charge in [0.15, 0.2) is 0 Å². The number of thioether (sulfide) groups is 1. The van der Waals surface area contributed by atoms with E-state index in [0.29, 0.717) is 0 Å². The molecule has 1 atom stereocenters. The molecule has 1 heterocycles. The van der Waals surface area contributed by atoms with Gasteiger partial charge in [0, 0.05) is 35.2 Å². The molecule has 0 amide bonds. The topological polar surface area (TPSA) is 43.8 Å². The van der Waals surface area contributed by atoms with Gasteiger partial charge in [0.1, 0.15) is 0 Å². The van der Waals surface area contributed by atoms with Crippen molar-refractivity contribution in [1.82, 2.24) is 9.78 Å². The highest BCUT2D eigenvalue weighted by molar-refractivity contribution is 9.10. The predicted molar refractivity (Wildman–Crippen MR) is 94.1 cm³/mol. The molecular weight excluding hydrogens is 370 g/mol. The van der Waals surface area contributed by atoms with Crippen LogP contribution in [0.4, 0.5) is 0 Å². The van der Waals surface area contributed by atoms with Gasteiger partial charge in [0.2, 0.25) is 0 Å². The number of nitrogens with two attached hydrogens (primary N) is 1. The van der Waals surface area contributed by atoms with Gasteiger partial charge in [0.05, 0.1) is 15.9 Å². The van der Waals surface area contributed by atoms with E-state index >= 15 is 0 Å². The second kappa shape index (κ2) is 7.68. The lowest BCUT2D eigenvalue weighted by atomic mass is 10.2. The fraction of sp³-hybridized carbons (Fsp3) is 0.400. The number of hydrogen-bond donors (Lipinski definition) is 1. The summed E-state index contributed by atoms with van der Waals surface area (Å²) in [6.45, 7) is 2.10. The largest absolute Gasteiger partial charge is 0.327 e. The SMILES string of the molecule is CCc1nn(C)c(CC(N)CSc2ccc(Cl)cc2)c1Br. The number of hydrogen-bond acceptors (Lipinski definition) is 3. The molecule has 0 aliphatic carbocycles. The molecule has 1 unspecified atom stereocenters. The maximum Gasteiger partial charge on any atom is 0.0766 e. The highest BCUT2D eigenvalue weighted by Gasteiger charge is 2.15. The Labute approximate surface area is 143 Å². The van der Waals surface area contributed by atoms with E-state index in [2.05, 4.69) is 28.0 Å². The monoisotopic (exact) mass is 387 g/mol. The van der Waals surface area contributed by atoms with E-state index in [1.807, 2.05) is 36.0 Å². The molecular formula is C15H19BrClN3S. The molecule has 2 aromatic rings. The molecule has 0 aliphatic rings. The lowest BCUT2D eigenvalue weighted by Crippen LogP contribution is -2.26. The van der Waals surface area contributed by atoms with Crippen molar-refractivity contribution in [2.45, 2.75) is 30.7 Å². The van der Waals surface area contributed by atoms with Crippen molar-refractivity contribution in [3.05, 3.63) is 45.1 Å². The molecule has 0 aliphatic heterocycles. The molecule has 3 nitrogen and oxygen atoms in total. The third kappa shape index (κ3) is 4.49. The van der Waals surface area contributed by atoms with Crippen LogP contribution in [0, 0.1) is 0 Å². The van der Waals surface area contributed by atoms with Crippen LogP contribution < -0.4 is 5.73 Å². The lowest BCUT2D eigenvalue weighted by Gasteiger charge is -2.12. The Morgan fingerprint density at radius 2 is 2.05 bits per heavy atom. The Morgan fingerprint density at radius 3 is 2.62 bits per heavy atom. The molecule has 1 aromatic heterocycles. The van der Waals surface area contributed by atoms with E-state index in [9.17, 15) is 0 Å². The zero-order chi connectivity index (χ0) is 15.4. The van der Waals surface area contributed by atoms with E-state index in [0.717, 1.165) is 39.5 Å². The van der Waals surface area contributed by atoms with Gasteiger partial charge >= 0.3 is 0 Å². The van der Waals surface area contributed by atoms with Gasteiger partial charge in [-0.05, 0) is 46.6 Å². The summed E-state index contributed by atoms with van der Waals surface area (Å²) < 4.78 is 3.02. The Morgan fingerprint density at radius 1 is 1.38 bits per heavy atom. The van der Waals surface area contributed by atoms with Crippen LogP contribution in [-0.2, 0) is 19.9 Å². The van der Waals surface area contributed by atoms with Crippen molar-refractivity contribution in [3.63, 3.8) is 0 Å². The van der Waals surface area contributed by atoms with Crippen LogP contribution in [0.1, 0.15) is 18.3 Å². The molecule has 2 rings (SSSR count). The molecule has 2 N–H and O–H groups in total. The Hall–Kier alpha value is -0.490. The van der Waals surface area contributed by atoms with Gasteiger partial charge in [0.25, 0.3) is 0 Å². The molecule has 0 radical (unpaired) electrons. The third-order valence-electron chi connectivity index (χ3n) is 3.24. The first kappa shape index (κ1) is 16.9. The fourth-order valence-electron chi connectivity index (χ4n) is 2.08. The van der Waals surface area contributed by atoms with Crippen molar-refractivity contribution < 1.29 is 0 Å². The average Bonchev–Trinajstić information content (AvgIpc) is 2.74. The number of halogens is 2. The average molecular weight is 389 g/mol. The summed E-state index contributed by atoms with van der Waals surface area (Å²) in [4.78, 5) is 1.19. The minimum atomic E-state index is 0.0853. The van der Waals surface area contributed by atoms with Crippen LogP contribution in [0.5, 0.6) is 0 Å². The summed E-state index contributed by atoms with van der Waals surface area (Å²) in [5.41, 5.74) is 8.51. The highest BCUT2D eigenvalue weighted by atomic mass is 79.9. The molecule has 6 heteroatoms. The van der Waals surface area contributed by atoms with Gasteiger partial charge in [-0.1, -0.05) is 18.5 Å². The van der Waals surface area contributed by atoms with Crippen LogP contribution in [0.15, 0.2) is 33.6 Å². The van der Waals surface area contributed by atoms with E-state index < -0.39 is 0 Å². The Bertz CT molecular complexity index is 598. The minimum absolute atomic E-state index is 0.0853. The van der Waals surface area contributed by atoms with Crippen LogP contribution in [0.25, 0.3) is 0 Å². The van der Waals surface area contributed by atoms with E-state index in [1.165, 1.54) is 4.90 Å². The standard InChI is InChI=1S/C15H19BrClN3S/c1-3-13-15(16)14(20(2)19-13)8-11(18)9-21-12-6-4-10(17)5-7-12/h4-7,11H,3,8-9,18H2,1-2H3. The Balaban J connectivity index is 1.94. The molecule has 0 fully saturated rings. The number of aromatic nitrogens is 2. The summed E-state index contributed by atoms with van der Waals surface area (Å²) in [6, 6.07) is 7.94. The molecule has 21 heavy (non-hydrogen) atoms. The Kier molecular flexibility index (Phi) is 6.17. The first-order chi connectivity index (χ1) is 10.0. The van der Waals surface area contributed by atoms with E-state index in [-0.39, 0.29) is 6.04 Å². The van der Waals surface area contributed by atoms with Crippen molar-refractivity contribution >= 4 is 39.3 Å². The number of nitrogens with zero attached hydrogens (tertiary/aromatic N) is 2. The summed E-state index contributed by atoms with van der Waals surface area (Å²) in [6.07, 6.45) is 1.73. The first-order valence-corrected chi connectivity index (χ1v) is 9.01. The number of aryl methyl sites for hydroxylation is 2. The van der Waals surface area contributed by atoms with Gasteiger partial charge in [-0.15, -0.1) is 11.8 Å². The van der Waals surface area contributed by atoms with Crippen molar-refractivity contribution in [2.24, 2.45) is 12.8 Å². The fourth-order valence-corrected chi connectivity index (χ4v) is 3.84. The summed E-state index contributed by atoms with van der Waals surface area (Å²) >= 11 is 11.3. The summed E-state index contributed by atoms with van der Waals surface area (Å²) in [7, 11) is 1.97. The van der Waals surface area contributed by atoms with E-state index in [1.54, 1.807) is 11.8 Å². The molecule has 114 valence electrons. The van der Waals surface area contributed by atoms with Crippen LogP contribution in [0.2, 0.25) is 5.02 Å². The third-order valence-corrected chi connectivity index (χ3v) is 5.60. The minimum Gasteiger partial charge on any atom is -0.327 e. The van der Waals surface area contributed by atoms with Gasteiger partial charge in [-0.3, -0.25) is 4.68 Å². The summed E-state index contributed by atoms with van der Waals surface area (Å²) in [5, 5.41) is 5.26. The summed E-state index contributed by atoms with van der Waals surface area (Å²) in [5.74, 6) is 0.862. The first-order valence-electron chi connectivity index (χ1n) is 6.85. The van der Waals surface area contributed by atoms with Crippen molar-refractivity contribution in [2.75, 3.05) is 5.75 Å². The molecule has 0 spiro atoms. The zero-order valence-corrected chi connectivity index (χ0v) is 15.3. The van der Waals surface area contributed by atoms with Gasteiger partial charge < -0.3 is 5.73 Å². The second-order valence-electron chi connectivity index (χ2n) is 4.91.